The number of alkyl halides is 7. The van der Waals surface area contributed by atoms with Crippen molar-refractivity contribution in [3.8, 4) is 5.75 Å². The molecule has 5 rings (SSSR count). The number of aryl methyl sites for hydroxylation is 1. The van der Waals surface area contributed by atoms with E-state index in [2.05, 4.69) is 0 Å². The van der Waals surface area contributed by atoms with Gasteiger partial charge in [0.25, 0.3) is 9.84 Å². The fourth-order valence-corrected chi connectivity index (χ4v) is 6.46. The number of fused-ring (bicyclic) bond motifs is 2. The van der Waals surface area contributed by atoms with E-state index in [-0.39, 0.29) is 37.1 Å². The van der Waals surface area contributed by atoms with Gasteiger partial charge in [0.2, 0.25) is 10.8 Å². The van der Waals surface area contributed by atoms with Crippen molar-refractivity contribution in [2.24, 2.45) is 0 Å². The van der Waals surface area contributed by atoms with Crippen molar-refractivity contribution in [1.82, 2.24) is 0 Å². The molecule has 3 atom stereocenters. The van der Waals surface area contributed by atoms with Crippen molar-refractivity contribution in [3.05, 3.63) is 94.5 Å². The Labute approximate surface area is 235 Å². The first-order chi connectivity index (χ1) is 19.6. The largest absolute Gasteiger partial charge is 0.500 e. The monoisotopic (exact) mass is 617 g/mol. The normalized spacial score (nSPS) is 22.4. The van der Waals surface area contributed by atoms with Crippen molar-refractivity contribution in [1.29, 1.82) is 0 Å². The van der Waals surface area contributed by atoms with Gasteiger partial charge in [0.1, 0.15) is 11.9 Å². The lowest BCUT2D eigenvalue weighted by Crippen LogP contribution is -2.53. The molecule has 1 N–H and O–H groups in total. The summed E-state index contributed by atoms with van der Waals surface area (Å²) in [7, 11) is -6.41. The molecule has 3 aromatic rings. The van der Waals surface area contributed by atoms with Crippen LogP contribution in [0.15, 0.2) is 66.7 Å². The Balaban J connectivity index is 1.56. The van der Waals surface area contributed by atoms with Crippen LogP contribution < -0.4 is 9.64 Å². The van der Waals surface area contributed by atoms with Gasteiger partial charge in [-0.15, -0.1) is 0 Å². The summed E-state index contributed by atoms with van der Waals surface area (Å²) < 4.78 is 126. The van der Waals surface area contributed by atoms with Gasteiger partial charge in [-0.3, -0.25) is 4.79 Å². The molecular formula is C28H22F7NO5S. The fraction of sp³-hybridized carbons (Fsp3) is 0.321. The highest BCUT2D eigenvalue weighted by molar-refractivity contribution is 7.93. The van der Waals surface area contributed by atoms with E-state index in [0.717, 1.165) is 29.2 Å². The highest BCUT2D eigenvalue weighted by atomic mass is 32.2. The summed E-state index contributed by atoms with van der Waals surface area (Å²) in [5.41, 5.74) is -7.69. The molecule has 1 aliphatic heterocycles. The van der Waals surface area contributed by atoms with E-state index >= 15 is 4.39 Å². The smallest absolute Gasteiger partial charge is 0.488 e. The molecule has 6 nitrogen and oxygen atoms in total. The molecule has 0 fully saturated rings. The first-order valence-corrected chi connectivity index (χ1v) is 14.1. The van der Waals surface area contributed by atoms with Gasteiger partial charge in [0.15, 0.2) is 6.17 Å². The SMILES string of the molecule is O=C(Cc1ccccc1)N1C[C@@H](Oc2ccccc2C(F)(F)F)CCc2cc3c(cc21)C(F)C3(O)S(=O)(=O)C(F)(F)F. The third-order valence-corrected chi connectivity index (χ3v) is 9.22. The first kappa shape index (κ1) is 29.8. The van der Waals surface area contributed by atoms with Gasteiger partial charge in [-0.1, -0.05) is 42.5 Å². The van der Waals surface area contributed by atoms with Gasteiger partial charge in [0.05, 0.1) is 18.5 Å². The second kappa shape index (κ2) is 10.3. The predicted octanol–water partition coefficient (Wildman–Crippen LogP) is 5.78. The number of benzene rings is 3. The van der Waals surface area contributed by atoms with E-state index in [0.29, 0.717) is 5.56 Å². The minimum atomic E-state index is -6.41. The Morgan fingerprint density at radius 1 is 1.00 bits per heavy atom. The van der Waals surface area contributed by atoms with Crippen molar-refractivity contribution >= 4 is 21.4 Å². The van der Waals surface area contributed by atoms with Crippen LogP contribution in [-0.2, 0) is 38.6 Å². The average Bonchev–Trinajstić information content (AvgIpc) is 3.10. The number of ether oxygens (including phenoxy) is 1. The number of nitrogens with zero attached hydrogens (tertiary/aromatic N) is 1. The van der Waals surface area contributed by atoms with E-state index < -0.39 is 67.1 Å². The van der Waals surface area contributed by atoms with Crippen molar-refractivity contribution in [2.75, 3.05) is 11.4 Å². The molecule has 1 aliphatic carbocycles. The molecule has 0 spiro atoms. The Bertz CT molecular complexity index is 1630. The molecule has 224 valence electrons. The molecule has 2 aliphatic rings. The average molecular weight is 618 g/mol. The number of para-hydroxylation sites is 1. The quantitative estimate of drug-likeness (QED) is 0.367. The Kier molecular flexibility index (Phi) is 7.29. The maximum atomic E-state index is 15.1. The molecule has 14 heteroatoms. The number of rotatable bonds is 5. The predicted molar refractivity (Wildman–Crippen MR) is 136 cm³/mol. The highest BCUT2D eigenvalue weighted by Gasteiger charge is 2.70. The lowest BCUT2D eigenvalue weighted by Gasteiger charge is -2.43. The number of aliphatic hydroxyl groups is 1. The van der Waals surface area contributed by atoms with Crippen LogP contribution in [0.1, 0.15) is 40.4 Å². The molecule has 0 bridgehead atoms. The zero-order valence-electron chi connectivity index (χ0n) is 21.4. The number of halogens is 7. The summed E-state index contributed by atoms with van der Waals surface area (Å²) in [6.45, 7) is -0.300. The van der Waals surface area contributed by atoms with Gasteiger partial charge in [-0.2, -0.15) is 26.3 Å². The van der Waals surface area contributed by atoms with Crippen LogP contribution in [-0.4, -0.2) is 37.6 Å². The lowest BCUT2D eigenvalue weighted by atomic mass is 9.80. The van der Waals surface area contributed by atoms with Gasteiger partial charge in [-0.25, -0.2) is 12.8 Å². The van der Waals surface area contributed by atoms with Crippen LogP contribution in [0.5, 0.6) is 5.75 Å². The van der Waals surface area contributed by atoms with E-state index in [4.69, 9.17) is 4.74 Å². The number of amides is 1. The molecule has 0 saturated carbocycles. The number of sulfone groups is 1. The first-order valence-electron chi connectivity index (χ1n) is 12.6. The van der Waals surface area contributed by atoms with Crippen molar-refractivity contribution < 1.29 is 53.8 Å². The third-order valence-electron chi connectivity index (χ3n) is 7.37. The molecule has 2 unspecified atom stereocenters. The summed E-state index contributed by atoms with van der Waals surface area (Å²) in [6, 6.07) is 14.7. The molecule has 0 aromatic heterocycles. The maximum absolute atomic E-state index is 15.1. The van der Waals surface area contributed by atoms with Crippen LogP contribution in [0.2, 0.25) is 0 Å². The summed E-state index contributed by atoms with van der Waals surface area (Å²) in [4.78, 5) is 10.8. The highest BCUT2D eigenvalue weighted by Crippen LogP contribution is 2.59. The van der Waals surface area contributed by atoms with E-state index in [1.54, 1.807) is 30.3 Å². The molecular weight excluding hydrogens is 595 g/mol. The Morgan fingerprint density at radius 2 is 1.64 bits per heavy atom. The summed E-state index contributed by atoms with van der Waals surface area (Å²) in [5, 5.41) is 10.5. The van der Waals surface area contributed by atoms with E-state index in [1.165, 1.54) is 12.1 Å². The number of anilines is 1. The minimum Gasteiger partial charge on any atom is -0.488 e. The van der Waals surface area contributed by atoms with E-state index in [1.807, 2.05) is 0 Å². The zero-order valence-corrected chi connectivity index (χ0v) is 22.2. The standard InChI is InChI=1S/C28H22F7NO5S/c29-25-19-14-22-17(13-21(19)26(25,38)42(39,40)28(33,34)35)10-11-18(41-23-9-5-4-8-20(23)27(30,31)32)15-36(22)24(37)12-16-6-2-1-3-7-16/h1-9,13-14,18,25,38H,10-12,15H2/t18-,25?,26?/m0/s1. The molecule has 0 saturated heterocycles. The third kappa shape index (κ3) is 4.89. The Hall–Kier alpha value is -3.65. The molecule has 42 heavy (non-hydrogen) atoms. The lowest BCUT2D eigenvalue weighted by molar-refractivity contribution is -0.139. The van der Waals surface area contributed by atoms with Crippen LogP contribution in [0.25, 0.3) is 0 Å². The van der Waals surface area contributed by atoms with Crippen LogP contribution in [0.3, 0.4) is 0 Å². The fourth-order valence-electron chi connectivity index (χ4n) is 5.24. The van der Waals surface area contributed by atoms with Gasteiger partial charge in [-0.05, 0) is 53.8 Å². The molecule has 1 amide bonds. The van der Waals surface area contributed by atoms with Crippen LogP contribution >= 0.6 is 0 Å². The maximum Gasteiger partial charge on any atom is 0.500 e. The second-order valence-corrected chi connectivity index (χ2v) is 12.1. The summed E-state index contributed by atoms with van der Waals surface area (Å²) >= 11 is 0. The number of hydrogen-bond donors (Lipinski definition) is 1. The summed E-state index contributed by atoms with van der Waals surface area (Å²) in [6.07, 6.45) is -9.10. The van der Waals surface area contributed by atoms with Gasteiger partial charge < -0.3 is 14.7 Å². The number of carbonyl (C=O) groups is 1. The van der Waals surface area contributed by atoms with Crippen molar-refractivity contribution in [3.63, 3.8) is 0 Å². The minimum absolute atomic E-state index is 0.0268. The molecule has 0 radical (unpaired) electrons. The molecule has 1 heterocycles. The van der Waals surface area contributed by atoms with E-state index in [9.17, 15) is 44.7 Å². The number of hydrogen-bond acceptors (Lipinski definition) is 5. The van der Waals surface area contributed by atoms with Crippen molar-refractivity contribution in [2.45, 2.75) is 48.2 Å². The molecule has 3 aromatic carbocycles. The Morgan fingerprint density at radius 3 is 2.29 bits per heavy atom. The second-order valence-electron chi connectivity index (χ2n) is 10.0. The van der Waals surface area contributed by atoms with Gasteiger partial charge in [0, 0.05) is 11.3 Å². The van der Waals surface area contributed by atoms with Crippen LogP contribution in [0.4, 0.5) is 36.4 Å². The zero-order chi connectivity index (χ0) is 30.7. The summed E-state index contributed by atoms with van der Waals surface area (Å²) in [5.74, 6) is -1.08. The van der Waals surface area contributed by atoms with Gasteiger partial charge >= 0.3 is 11.7 Å². The number of carbonyl (C=O) groups excluding carboxylic acids is 1. The van der Waals surface area contributed by atoms with Crippen LogP contribution in [0, 0.1) is 0 Å². The topological polar surface area (TPSA) is 83.9 Å².